The molecule has 1 aromatic carbocycles. The van der Waals surface area contributed by atoms with Gasteiger partial charge in [-0.1, -0.05) is 17.3 Å². The van der Waals surface area contributed by atoms with Crippen molar-refractivity contribution in [1.82, 2.24) is 5.32 Å². The van der Waals surface area contributed by atoms with Gasteiger partial charge in [0.15, 0.2) is 5.84 Å². The number of hydrogen-bond donors (Lipinski definition) is 3. The summed E-state index contributed by atoms with van der Waals surface area (Å²) < 4.78 is 5.46. The summed E-state index contributed by atoms with van der Waals surface area (Å²) in [6.07, 6.45) is 1.14. The molecule has 2 unspecified atom stereocenters. The molecule has 1 aliphatic rings. The minimum absolute atomic E-state index is 0.0162. The number of nitrogens with zero attached hydrogens (tertiary/aromatic N) is 1. The fourth-order valence-corrected chi connectivity index (χ4v) is 2.25. The molecule has 1 amide bonds. The maximum absolute atomic E-state index is 12.1. The van der Waals surface area contributed by atoms with E-state index in [1.165, 1.54) is 0 Å². The maximum Gasteiger partial charge on any atom is 0.251 e. The number of ether oxygens (including phenoxy) is 1. The van der Waals surface area contributed by atoms with Crippen LogP contribution in [0.25, 0.3) is 0 Å². The van der Waals surface area contributed by atoms with Gasteiger partial charge in [-0.2, -0.15) is 0 Å². The topological polar surface area (TPSA) is 96.9 Å². The second-order valence-corrected chi connectivity index (χ2v) is 4.90. The zero-order valence-corrected chi connectivity index (χ0v) is 11.4. The molecule has 0 aliphatic carbocycles. The maximum atomic E-state index is 12.1. The van der Waals surface area contributed by atoms with Gasteiger partial charge in [0, 0.05) is 30.2 Å². The SMILES string of the molecule is CC1OCCC1CNC(=O)c1cccc(/C(N)=N/O)c1. The summed E-state index contributed by atoms with van der Waals surface area (Å²) >= 11 is 0. The normalized spacial score (nSPS) is 22.8. The van der Waals surface area contributed by atoms with Crippen LogP contribution in [0.1, 0.15) is 29.3 Å². The smallest absolute Gasteiger partial charge is 0.251 e. The molecule has 6 heteroatoms. The van der Waals surface area contributed by atoms with Crippen LogP contribution in [-0.4, -0.2) is 36.2 Å². The second kappa shape index (κ2) is 6.38. The first kappa shape index (κ1) is 14.3. The van der Waals surface area contributed by atoms with E-state index in [2.05, 4.69) is 10.5 Å². The predicted octanol–water partition coefficient (Wildman–Crippen LogP) is 0.936. The quantitative estimate of drug-likeness (QED) is 0.330. The molecule has 0 radical (unpaired) electrons. The van der Waals surface area contributed by atoms with Crippen molar-refractivity contribution in [3.8, 4) is 0 Å². The van der Waals surface area contributed by atoms with Gasteiger partial charge >= 0.3 is 0 Å². The van der Waals surface area contributed by atoms with Crippen LogP contribution in [0.15, 0.2) is 29.4 Å². The molecule has 2 rings (SSSR count). The molecule has 20 heavy (non-hydrogen) atoms. The number of amidine groups is 1. The van der Waals surface area contributed by atoms with Gasteiger partial charge in [0.05, 0.1) is 6.10 Å². The number of carbonyl (C=O) groups excluding carboxylic acids is 1. The molecular formula is C14H19N3O3. The van der Waals surface area contributed by atoms with Gasteiger partial charge in [0.1, 0.15) is 0 Å². The Morgan fingerprint density at radius 3 is 2.95 bits per heavy atom. The average molecular weight is 277 g/mol. The number of amides is 1. The lowest BCUT2D eigenvalue weighted by Crippen LogP contribution is -2.32. The summed E-state index contributed by atoms with van der Waals surface area (Å²) in [7, 11) is 0. The number of nitrogens with one attached hydrogen (secondary N) is 1. The largest absolute Gasteiger partial charge is 0.409 e. The van der Waals surface area contributed by atoms with Crippen molar-refractivity contribution in [2.24, 2.45) is 16.8 Å². The van der Waals surface area contributed by atoms with Gasteiger partial charge in [0.2, 0.25) is 0 Å². The van der Waals surface area contributed by atoms with Crippen LogP contribution in [-0.2, 0) is 4.74 Å². The number of oxime groups is 1. The van der Waals surface area contributed by atoms with Crippen LogP contribution in [0.4, 0.5) is 0 Å². The molecule has 0 spiro atoms. The van der Waals surface area contributed by atoms with E-state index in [0.29, 0.717) is 23.6 Å². The predicted molar refractivity (Wildman–Crippen MR) is 74.8 cm³/mol. The molecule has 0 aromatic heterocycles. The van der Waals surface area contributed by atoms with E-state index in [-0.39, 0.29) is 17.8 Å². The van der Waals surface area contributed by atoms with E-state index in [1.807, 2.05) is 6.92 Å². The fourth-order valence-electron chi connectivity index (χ4n) is 2.25. The Bertz CT molecular complexity index is 516. The number of hydrogen-bond acceptors (Lipinski definition) is 4. The lowest BCUT2D eigenvalue weighted by atomic mass is 10.0. The standard InChI is InChI=1S/C14H19N3O3/c1-9-12(5-6-20-9)8-16-14(18)11-4-2-3-10(7-11)13(15)17-19/h2-4,7,9,12,19H,5-6,8H2,1H3,(H2,15,17)(H,16,18). The summed E-state index contributed by atoms with van der Waals surface area (Å²) in [5, 5.41) is 14.5. The minimum Gasteiger partial charge on any atom is -0.409 e. The van der Waals surface area contributed by atoms with Crippen molar-refractivity contribution < 1.29 is 14.7 Å². The van der Waals surface area contributed by atoms with E-state index in [4.69, 9.17) is 15.7 Å². The van der Waals surface area contributed by atoms with Crippen LogP contribution in [0.5, 0.6) is 0 Å². The molecule has 1 aliphatic heterocycles. The first-order chi connectivity index (χ1) is 9.61. The first-order valence-electron chi connectivity index (χ1n) is 6.59. The Labute approximate surface area is 117 Å². The van der Waals surface area contributed by atoms with Crippen LogP contribution in [0.2, 0.25) is 0 Å². The van der Waals surface area contributed by atoms with Crippen molar-refractivity contribution in [1.29, 1.82) is 0 Å². The third kappa shape index (κ3) is 3.27. The fraction of sp³-hybridized carbons (Fsp3) is 0.429. The Morgan fingerprint density at radius 2 is 2.30 bits per heavy atom. The van der Waals surface area contributed by atoms with Crippen LogP contribution in [0, 0.1) is 5.92 Å². The molecule has 1 saturated heterocycles. The summed E-state index contributed by atoms with van der Waals surface area (Å²) in [6.45, 7) is 3.36. The van der Waals surface area contributed by atoms with Crippen molar-refractivity contribution >= 4 is 11.7 Å². The Morgan fingerprint density at radius 1 is 1.55 bits per heavy atom. The molecule has 2 atom stereocenters. The zero-order valence-electron chi connectivity index (χ0n) is 11.4. The van der Waals surface area contributed by atoms with Crippen molar-refractivity contribution in [2.75, 3.05) is 13.2 Å². The Hall–Kier alpha value is -2.08. The molecule has 0 saturated carbocycles. The molecule has 0 bridgehead atoms. The number of carbonyl (C=O) groups is 1. The van der Waals surface area contributed by atoms with Crippen molar-refractivity contribution in [3.63, 3.8) is 0 Å². The molecule has 4 N–H and O–H groups in total. The second-order valence-electron chi connectivity index (χ2n) is 4.90. The van der Waals surface area contributed by atoms with E-state index in [0.717, 1.165) is 13.0 Å². The average Bonchev–Trinajstić information content (AvgIpc) is 2.89. The monoisotopic (exact) mass is 277 g/mol. The summed E-state index contributed by atoms with van der Waals surface area (Å²) in [4.78, 5) is 12.1. The van der Waals surface area contributed by atoms with E-state index >= 15 is 0 Å². The Balaban J connectivity index is 1.98. The number of rotatable bonds is 4. The number of nitrogens with two attached hydrogens (primary N) is 1. The molecule has 1 fully saturated rings. The molecule has 1 heterocycles. The first-order valence-corrected chi connectivity index (χ1v) is 6.59. The summed E-state index contributed by atoms with van der Waals surface area (Å²) in [6, 6.07) is 6.67. The van der Waals surface area contributed by atoms with Crippen molar-refractivity contribution in [3.05, 3.63) is 35.4 Å². The highest BCUT2D eigenvalue weighted by atomic mass is 16.5. The highest BCUT2D eigenvalue weighted by Gasteiger charge is 2.24. The molecule has 6 nitrogen and oxygen atoms in total. The highest BCUT2D eigenvalue weighted by molar-refractivity contribution is 6.01. The molecule has 1 aromatic rings. The van der Waals surface area contributed by atoms with Gasteiger partial charge in [-0.25, -0.2) is 0 Å². The lowest BCUT2D eigenvalue weighted by Gasteiger charge is -2.14. The van der Waals surface area contributed by atoms with Crippen LogP contribution in [0.3, 0.4) is 0 Å². The third-order valence-electron chi connectivity index (χ3n) is 3.59. The van der Waals surface area contributed by atoms with Gasteiger partial charge in [0.25, 0.3) is 5.91 Å². The van der Waals surface area contributed by atoms with E-state index < -0.39 is 0 Å². The van der Waals surface area contributed by atoms with Gasteiger partial charge in [-0.15, -0.1) is 0 Å². The van der Waals surface area contributed by atoms with Crippen LogP contribution < -0.4 is 11.1 Å². The van der Waals surface area contributed by atoms with Gasteiger partial charge in [-0.3, -0.25) is 4.79 Å². The highest BCUT2D eigenvalue weighted by Crippen LogP contribution is 2.19. The summed E-state index contributed by atoms with van der Waals surface area (Å²) in [5.41, 5.74) is 6.51. The number of benzene rings is 1. The summed E-state index contributed by atoms with van der Waals surface area (Å²) in [5.74, 6) is 0.167. The third-order valence-corrected chi connectivity index (χ3v) is 3.59. The van der Waals surface area contributed by atoms with Gasteiger partial charge in [-0.05, 0) is 25.5 Å². The molecular weight excluding hydrogens is 258 g/mol. The van der Waals surface area contributed by atoms with Gasteiger partial charge < -0.3 is 21.0 Å². The lowest BCUT2D eigenvalue weighted by molar-refractivity contribution is 0.0907. The van der Waals surface area contributed by atoms with Crippen LogP contribution >= 0.6 is 0 Å². The Kier molecular flexibility index (Phi) is 4.57. The zero-order chi connectivity index (χ0) is 14.5. The molecule has 108 valence electrons. The van der Waals surface area contributed by atoms with E-state index in [9.17, 15) is 4.79 Å². The minimum atomic E-state index is -0.170. The van der Waals surface area contributed by atoms with E-state index in [1.54, 1.807) is 24.3 Å². The van der Waals surface area contributed by atoms with Crippen molar-refractivity contribution in [2.45, 2.75) is 19.4 Å².